The molecule has 4 atom stereocenters. The minimum Gasteiger partial charge on any atom is -0.502 e. The van der Waals surface area contributed by atoms with Crippen LogP contribution in [0.15, 0.2) is 48.5 Å². The maximum Gasteiger partial charge on any atom is 0.310 e. The number of anilines is 1. The Hall–Kier alpha value is -3.78. The molecule has 1 aliphatic carbocycles. The zero-order chi connectivity index (χ0) is 25.0. The predicted molar refractivity (Wildman–Crippen MR) is 131 cm³/mol. The molecule has 186 valence electrons. The summed E-state index contributed by atoms with van der Waals surface area (Å²) in [4.78, 5) is 13.2. The highest BCUT2D eigenvalue weighted by molar-refractivity contribution is 6.33. The molecule has 8 nitrogen and oxygen atoms in total. The first-order valence-corrected chi connectivity index (χ1v) is 11.9. The van der Waals surface area contributed by atoms with Crippen LogP contribution in [0.5, 0.6) is 28.7 Å². The number of hydrogen-bond acceptors (Lipinski definition) is 8. The third-order valence-corrected chi connectivity index (χ3v) is 7.56. The van der Waals surface area contributed by atoms with E-state index in [9.17, 15) is 9.90 Å². The number of phenols is 1. The molecule has 9 heteroatoms. The van der Waals surface area contributed by atoms with Gasteiger partial charge in [-0.3, -0.25) is 4.79 Å². The summed E-state index contributed by atoms with van der Waals surface area (Å²) < 4.78 is 27.9. The van der Waals surface area contributed by atoms with Crippen LogP contribution in [0, 0.1) is 11.8 Å². The van der Waals surface area contributed by atoms with Crippen molar-refractivity contribution in [3.05, 3.63) is 70.2 Å². The van der Waals surface area contributed by atoms with Gasteiger partial charge in [-0.25, -0.2) is 0 Å². The number of halogens is 1. The summed E-state index contributed by atoms with van der Waals surface area (Å²) in [5.41, 5.74) is 3.36. The fraction of sp³-hybridized carbons (Fsp3) is 0.296. The maximum absolute atomic E-state index is 13.2. The predicted octanol–water partition coefficient (Wildman–Crippen LogP) is 4.88. The van der Waals surface area contributed by atoms with Gasteiger partial charge in [-0.2, -0.15) is 0 Å². The van der Waals surface area contributed by atoms with E-state index in [4.69, 9.17) is 35.3 Å². The number of cyclic esters (lactones) is 1. The summed E-state index contributed by atoms with van der Waals surface area (Å²) in [6, 6.07) is 14.6. The van der Waals surface area contributed by atoms with Crippen LogP contribution in [0.4, 0.5) is 5.69 Å². The Morgan fingerprint density at radius 2 is 1.64 bits per heavy atom. The fourth-order valence-electron chi connectivity index (χ4n) is 5.59. The number of carbonyl (C=O) groups excluding carboxylic acids is 1. The molecule has 36 heavy (non-hydrogen) atoms. The largest absolute Gasteiger partial charge is 0.502 e. The molecule has 3 aromatic carbocycles. The molecule has 1 fully saturated rings. The number of para-hydroxylation sites is 1. The summed E-state index contributed by atoms with van der Waals surface area (Å²) in [5, 5.41) is 14.6. The number of benzene rings is 3. The van der Waals surface area contributed by atoms with Crippen LogP contribution in [-0.4, -0.2) is 38.7 Å². The number of aromatic hydroxyl groups is 1. The molecule has 2 heterocycles. The van der Waals surface area contributed by atoms with Gasteiger partial charge >= 0.3 is 5.97 Å². The van der Waals surface area contributed by atoms with Gasteiger partial charge in [0.05, 0.1) is 43.5 Å². The fourth-order valence-corrected chi connectivity index (χ4v) is 5.78. The molecule has 0 bridgehead atoms. The van der Waals surface area contributed by atoms with Crippen LogP contribution in [0.2, 0.25) is 5.02 Å². The highest BCUT2D eigenvalue weighted by Crippen LogP contribution is 2.56. The van der Waals surface area contributed by atoms with E-state index in [-0.39, 0.29) is 48.6 Å². The van der Waals surface area contributed by atoms with Gasteiger partial charge in [-0.05, 0) is 53.1 Å². The quantitative estimate of drug-likeness (QED) is 0.470. The number of ether oxygens (including phenoxy) is 5. The molecule has 1 saturated heterocycles. The molecule has 2 aliphatic heterocycles. The van der Waals surface area contributed by atoms with Crippen molar-refractivity contribution < 1.29 is 33.6 Å². The van der Waals surface area contributed by atoms with Crippen molar-refractivity contribution in [2.45, 2.75) is 12.0 Å². The minimum absolute atomic E-state index is 0.103. The molecule has 3 aliphatic rings. The van der Waals surface area contributed by atoms with Gasteiger partial charge in [0.15, 0.2) is 23.0 Å². The number of fused-ring (bicyclic) bond motifs is 3. The van der Waals surface area contributed by atoms with E-state index < -0.39 is 11.8 Å². The normalized spacial score (nSPS) is 23.5. The van der Waals surface area contributed by atoms with E-state index in [0.29, 0.717) is 16.5 Å². The van der Waals surface area contributed by atoms with Crippen molar-refractivity contribution in [1.29, 1.82) is 0 Å². The molecular weight excluding hydrogens is 486 g/mol. The van der Waals surface area contributed by atoms with Crippen LogP contribution >= 0.6 is 11.6 Å². The van der Waals surface area contributed by atoms with Crippen LogP contribution < -0.4 is 24.3 Å². The van der Waals surface area contributed by atoms with Crippen molar-refractivity contribution in [1.82, 2.24) is 0 Å². The van der Waals surface area contributed by atoms with Crippen LogP contribution in [0.1, 0.15) is 28.7 Å². The van der Waals surface area contributed by atoms with Crippen molar-refractivity contribution in [2.24, 2.45) is 11.8 Å². The first-order valence-electron chi connectivity index (χ1n) is 11.6. The topological polar surface area (TPSA) is 95.5 Å². The smallest absolute Gasteiger partial charge is 0.310 e. The minimum atomic E-state index is -0.503. The zero-order valence-corrected chi connectivity index (χ0v) is 20.4. The molecule has 0 unspecified atom stereocenters. The maximum atomic E-state index is 13.2. The Bertz CT molecular complexity index is 1330. The van der Waals surface area contributed by atoms with Crippen molar-refractivity contribution in [3.63, 3.8) is 0 Å². The lowest BCUT2D eigenvalue weighted by Gasteiger charge is -2.40. The van der Waals surface area contributed by atoms with Crippen LogP contribution in [0.25, 0.3) is 0 Å². The average Bonchev–Trinajstić information content (AvgIpc) is 3.50. The van der Waals surface area contributed by atoms with E-state index >= 15 is 0 Å². The third kappa shape index (κ3) is 3.47. The lowest BCUT2D eigenvalue weighted by atomic mass is 9.65. The molecule has 6 rings (SSSR count). The van der Waals surface area contributed by atoms with Crippen molar-refractivity contribution >= 4 is 23.3 Å². The lowest BCUT2D eigenvalue weighted by Crippen LogP contribution is -2.37. The van der Waals surface area contributed by atoms with Gasteiger partial charge in [0, 0.05) is 11.8 Å². The Balaban J connectivity index is 1.56. The number of rotatable bonds is 5. The van der Waals surface area contributed by atoms with E-state index in [2.05, 4.69) is 5.32 Å². The van der Waals surface area contributed by atoms with E-state index in [1.54, 1.807) is 12.1 Å². The summed E-state index contributed by atoms with van der Waals surface area (Å²) >= 11 is 6.49. The van der Waals surface area contributed by atoms with Gasteiger partial charge in [0.2, 0.25) is 12.5 Å². The van der Waals surface area contributed by atoms with Crippen molar-refractivity contribution in [2.75, 3.05) is 32.9 Å². The number of esters is 1. The van der Waals surface area contributed by atoms with Gasteiger partial charge < -0.3 is 34.1 Å². The number of hydrogen-bond donors (Lipinski definition) is 2. The number of carbonyl (C=O) groups is 1. The standard InChI is InChI=1S/C27H24ClNO7/c1-32-21-7-13(8-22(33-2)26(21)30)23-14-9-19-20(36-12-35-19)10-15(14)25(16-11-34-27(31)24(16)23)29-18-6-4-3-5-17(18)28/h3-10,16,23-25,29-30H,11-12H2,1-2H3/t16-,23+,24-,25+/m0/s1. The second-order valence-corrected chi connectivity index (χ2v) is 9.41. The molecular formula is C27H24ClNO7. The molecule has 0 amide bonds. The Labute approximate surface area is 212 Å². The van der Waals surface area contributed by atoms with Crippen LogP contribution in [0.3, 0.4) is 0 Å². The van der Waals surface area contributed by atoms with Crippen LogP contribution in [-0.2, 0) is 9.53 Å². The molecule has 0 aromatic heterocycles. The van der Waals surface area contributed by atoms with Gasteiger partial charge in [-0.1, -0.05) is 23.7 Å². The molecule has 2 N–H and O–H groups in total. The van der Waals surface area contributed by atoms with Crippen molar-refractivity contribution in [3.8, 4) is 28.7 Å². The Morgan fingerprint density at radius 3 is 2.31 bits per heavy atom. The zero-order valence-electron chi connectivity index (χ0n) is 19.6. The monoisotopic (exact) mass is 509 g/mol. The second-order valence-electron chi connectivity index (χ2n) is 9.01. The number of nitrogens with one attached hydrogen (secondary N) is 1. The summed E-state index contributed by atoms with van der Waals surface area (Å²) in [7, 11) is 2.95. The summed E-state index contributed by atoms with van der Waals surface area (Å²) in [5.74, 6) is 0.272. The molecule has 0 radical (unpaired) electrons. The lowest BCUT2D eigenvalue weighted by molar-refractivity contribution is -0.141. The molecule has 0 spiro atoms. The number of phenolic OH excluding ortho intramolecular Hbond substituents is 1. The molecule has 0 saturated carbocycles. The van der Waals surface area contributed by atoms with E-state index in [1.165, 1.54) is 14.2 Å². The van der Waals surface area contributed by atoms with E-state index in [1.807, 2.05) is 36.4 Å². The summed E-state index contributed by atoms with van der Waals surface area (Å²) in [6.45, 7) is 0.379. The summed E-state index contributed by atoms with van der Waals surface area (Å²) in [6.07, 6.45) is 0. The highest BCUT2D eigenvalue weighted by atomic mass is 35.5. The Kier molecular flexibility index (Phi) is 5.48. The first kappa shape index (κ1) is 22.7. The highest BCUT2D eigenvalue weighted by Gasteiger charge is 2.52. The average molecular weight is 510 g/mol. The Morgan fingerprint density at radius 1 is 0.972 bits per heavy atom. The first-order chi connectivity index (χ1) is 17.5. The van der Waals surface area contributed by atoms with Gasteiger partial charge in [0.25, 0.3) is 0 Å². The second kappa shape index (κ2) is 8.71. The number of methoxy groups -OCH3 is 2. The SMILES string of the molecule is COc1cc([C@@H]2c3cc4c(cc3[C@@H](Nc3ccccc3Cl)[C@H]3COC(=O)[C@H]23)OCO4)cc(OC)c1O. The third-order valence-electron chi connectivity index (χ3n) is 7.23. The molecule has 3 aromatic rings. The van der Waals surface area contributed by atoms with Gasteiger partial charge in [-0.15, -0.1) is 0 Å². The van der Waals surface area contributed by atoms with E-state index in [0.717, 1.165) is 22.4 Å². The van der Waals surface area contributed by atoms with Gasteiger partial charge in [0.1, 0.15) is 0 Å².